The zero-order chi connectivity index (χ0) is 18.9. The van der Waals surface area contributed by atoms with E-state index >= 15 is 0 Å². The molecule has 158 valence electrons. The number of ether oxygens (including phenoxy) is 2. The summed E-state index contributed by atoms with van der Waals surface area (Å²) in [6.45, 7) is 3.19. The molecule has 2 fully saturated rings. The SMILES string of the molecule is Cl.Clc1ccc2c(c1)CNCc1nnc(C3CCC(OC4CCOCC4)CC3)n1-2. The summed E-state index contributed by atoms with van der Waals surface area (Å²) >= 11 is 6.23. The molecule has 2 aliphatic heterocycles. The van der Waals surface area contributed by atoms with Crippen LogP contribution in [-0.4, -0.2) is 40.2 Å². The Hall–Kier alpha value is -1.18. The van der Waals surface area contributed by atoms with Crippen molar-refractivity contribution in [3.05, 3.63) is 40.4 Å². The van der Waals surface area contributed by atoms with Crippen molar-refractivity contribution in [3.8, 4) is 5.69 Å². The Kier molecular flexibility index (Phi) is 6.76. The molecular weight excluding hydrogens is 411 g/mol. The lowest BCUT2D eigenvalue weighted by atomic mass is 9.86. The fraction of sp³-hybridized carbons (Fsp3) is 0.619. The number of hydrogen-bond acceptors (Lipinski definition) is 5. The van der Waals surface area contributed by atoms with E-state index in [-0.39, 0.29) is 12.4 Å². The molecule has 0 bridgehead atoms. The minimum Gasteiger partial charge on any atom is -0.381 e. The Morgan fingerprint density at radius 3 is 2.55 bits per heavy atom. The molecule has 6 nitrogen and oxygen atoms in total. The maximum Gasteiger partial charge on any atom is 0.151 e. The van der Waals surface area contributed by atoms with Gasteiger partial charge in [-0.15, -0.1) is 22.6 Å². The predicted molar refractivity (Wildman–Crippen MR) is 114 cm³/mol. The lowest BCUT2D eigenvalue weighted by Crippen LogP contribution is -2.31. The van der Waals surface area contributed by atoms with E-state index in [4.69, 9.17) is 21.1 Å². The first-order valence-corrected chi connectivity index (χ1v) is 10.8. The second kappa shape index (κ2) is 9.31. The second-order valence-corrected chi connectivity index (χ2v) is 8.54. The Morgan fingerprint density at radius 2 is 1.76 bits per heavy atom. The summed E-state index contributed by atoms with van der Waals surface area (Å²) in [5.41, 5.74) is 2.36. The van der Waals surface area contributed by atoms with Crippen molar-refractivity contribution in [1.29, 1.82) is 0 Å². The summed E-state index contributed by atoms with van der Waals surface area (Å²) < 4.78 is 14.1. The number of nitrogens with zero attached hydrogens (tertiary/aromatic N) is 3. The maximum atomic E-state index is 6.35. The van der Waals surface area contributed by atoms with Gasteiger partial charge in [0.15, 0.2) is 5.82 Å². The lowest BCUT2D eigenvalue weighted by Gasteiger charge is -2.32. The zero-order valence-electron chi connectivity index (χ0n) is 16.5. The summed E-state index contributed by atoms with van der Waals surface area (Å²) in [6.07, 6.45) is 7.20. The first kappa shape index (κ1) is 21.1. The molecule has 8 heteroatoms. The maximum absolute atomic E-state index is 6.35. The number of aromatic nitrogens is 3. The van der Waals surface area contributed by atoms with Crippen molar-refractivity contribution >= 4 is 24.0 Å². The topological polar surface area (TPSA) is 61.2 Å². The minimum absolute atomic E-state index is 0. The molecule has 0 unspecified atom stereocenters. The van der Waals surface area contributed by atoms with Gasteiger partial charge in [0, 0.05) is 30.7 Å². The number of rotatable bonds is 3. The van der Waals surface area contributed by atoms with Crippen molar-refractivity contribution in [1.82, 2.24) is 20.1 Å². The highest BCUT2D eigenvalue weighted by atomic mass is 35.5. The van der Waals surface area contributed by atoms with Crippen molar-refractivity contribution in [3.63, 3.8) is 0 Å². The molecule has 5 rings (SSSR count). The first-order valence-electron chi connectivity index (χ1n) is 10.4. The summed E-state index contributed by atoms with van der Waals surface area (Å²) in [7, 11) is 0. The standard InChI is InChI=1S/C21H27ClN4O2.ClH/c22-16-3-6-19-15(11-16)12-23-13-20-24-25-21(26(19)20)14-1-4-17(5-2-14)28-18-7-9-27-10-8-18;/h3,6,11,14,17-18,23H,1-2,4-5,7-10,12-13H2;1H. The highest BCUT2D eigenvalue weighted by molar-refractivity contribution is 6.30. The number of hydrogen-bond donors (Lipinski definition) is 1. The predicted octanol–water partition coefficient (Wildman–Crippen LogP) is 4.17. The minimum atomic E-state index is 0. The van der Waals surface area contributed by atoms with Gasteiger partial charge in [0.05, 0.1) is 24.4 Å². The fourth-order valence-corrected chi connectivity index (χ4v) is 4.93. The molecule has 3 aliphatic rings. The third-order valence-corrected chi connectivity index (χ3v) is 6.46. The monoisotopic (exact) mass is 438 g/mol. The van der Waals surface area contributed by atoms with Crippen LogP contribution >= 0.6 is 24.0 Å². The summed E-state index contributed by atoms with van der Waals surface area (Å²) in [6, 6.07) is 6.10. The van der Waals surface area contributed by atoms with Crippen LogP contribution in [0.25, 0.3) is 5.69 Å². The fourth-order valence-electron chi connectivity index (χ4n) is 4.74. The Balaban J connectivity index is 0.00000205. The third kappa shape index (κ3) is 4.47. The van der Waals surface area contributed by atoms with E-state index in [9.17, 15) is 0 Å². The molecule has 29 heavy (non-hydrogen) atoms. The van der Waals surface area contributed by atoms with E-state index in [1.165, 1.54) is 5.56 Å². The van der Waals surface area contributed by atoms with Gasteiger partial charge >= 0.3 is 0 Å². The number of fused-ring (bicyclic) bond motifs is 3. The van der Waals surface area contributed by atoms with E-state index in [0.717, 1.165) is 87.2 Å². The Bertz CT molecular complexity index is 830. The summed E-state index contributed by atoms with van der Waals surface area (Å²) in [5.74, 6) is 2.50. The summed E-state index contributed by atoms with van der Waals surface area (Å²) in [4.78, 5) is 0. The molecule has 0 atom stereocenters. The molecule has 1 saturated heterocycles. The van der Waals surface area contributed by atoms with Crippen LogP contribution in [0.1, 0.15) is 61.7 Å². The van der Waals surface area contributed by atoms with Crippen LogP contribution in [0.15, 0.2) is 18.2 Å². The zero-order valence-corrected chi connectivity index (χ0v) is 18.1. The van der Waals surface area contributed by atoms with Crippen molar-refractivity contribution in [2.75, 3.05) is 13.2 Å². The highest BCUT2D eigenvalue weighted by Crippen LogP contribution is 2.36. The molecule has 1 aliphatic carbocycles. The van der Waals surface area contributed by atoms with Crippen LogP contribution in [0, 0.1) is 0 Å². The van der Waals surface area contributed by atoms with Crippen molar-refractivity contribution in [2.45, 2.75) is 69.7 Å². The van der Waals surface area contributed by atoms with Crippen LogP contribution in [0.4, 0.5) is 0 Å². The average Bonchev–Trinajstić information content (AvgIpc) is 3.05. The quantitative estimate of drug-likeness (QED) is 0.778. The average molecular weight is 439 g/mol. The lowest BCUT2D eigenvalue weighted by molar-refractivity contribution is -0.0796. The van der Waals surface area contributed by atoms with Crippen LogP contribution in [-0.2, 0) is 22.6 Å². The van der Waals surface area contributed by atoms with Gasteiger partial charge in [0.25, 0.3) is 0 Å². The number of halogens is 2. The Morgan fingerprint density at radius 1 is 1.00 bits per heavy atom. The molecule has 3 heterocycles. The van der Waals surface area contributed by atoms with Crippen molar-refractivity contribution in [2.24, 2.45) is 0 Å². The van der Waals surface area contributed by atoms with E-state index in [1.807, 2.05) is 12.1 Å². The molecule has 0 radical (unpaired) electrons. The molecule has 0 spiro atoms. The van der Waals surface area contributed by atoms with Gasteiger partial charge in [0.1, 0.15) is 5.82 Å². The Labute approximate surface area is 182 Å². The van der Waals surface area contributed by atoms with Gasteiger partial charge in [-0.3, -0.25) is 4.57 Å². The molecule has 0 amide bonds. The summed E-state index contributed by atoms with van der Waals surface area (Å²) in [5, 5.41) is 13.3. The van der Waals surface area contributed by atoms with E-state index in [2.05, 4.69) is 26.1 Å². The van der Waals surface area contributed by atoms with Gasteiger partial charge in [-0.05, 0) is 62.3 Å². The van der Waals surface area contributed by atoms with Crippen LogP contribution in [0.3, 0.4) is 0 Å². The number of nitrogens with one attached hydrogen (secondary N) is 1. The van der Waals surface area contributed by atoms with Gasteiger partial charge in [0.2, 0.25) is 0 Å². The van der Waals surface area contributed by atoms with Crippen LogP contribution in [0.5, 0.6) is 0 Å². The van der Waals surface area contributed by atoms with Crippen LogP contribution < -0.4 is 5.32 Å². The molecule has 1 saturated carbocycles. The molecular formula is C21H28Cl2N4O2. The van der Waals surface area contributed by atoms with E-state index in [0.29, 0.717) is 18.1 Å². The number of benzene rings is 1. The van der Waals surface area contributed by atoms with Gasteiger partial charge in [-0.1, -0.05) is 11.6 Å². The molecule has 1 N–H and O–H groups in total. The molecule has 1 aromatic heterocycles. The molecule has 2 aromatic rings. The first-order chi connectivity index (χ1) is 13.8. The van der Waals surface area contributed by atoms with Crippen molar-refractivity contribution < 1.29 is 9.47 Å². The van der Waals surface area contributed by atoms with Gasteiger partial charge in [-0.2, -0.15) is 0 Å². The van der Waals surface area contributed by atoms with Gasteiger partial charge in [-0.25, -0.2) is 0 Å². The smallest absolute Gasteiger partial charge is 0.151 e. The van der Waals surface area contributed by atoms with E-state index in [1.54, 1.807) is 0 Å². The highest BCUT2D eigenvalue weighted by Gasteiger charge is 2.30. The van der Waals surface area contributed by atoms with E-state index < -0.39 is 0 Å². The second-order valence-electron chi connectivity index (χ2n) is 8.11. The third-order valence-electron chi connectivity index (χ3n) is 6.23. The normalized spacial score (nSPS) is 24.9. The largest absolute Gasteiger partial charge is 0.381 e. The van der Waals surface area contributed by atoms with Gasteiger partial charge < -0.3 is 14.8 Å². The molecule has 1 aromatic carbocycles. The van der Waals surface area contributed by atoms with Crippen LogP contribution in [0.2, 0.25) is 5.02 Å².